The van der Waals surface area contributed by atoms with E-state index in [1.54, 1.807) is 0 Å². The van der Waals surface area contributed by atoms with Crippen LogP contribution in [-0.4, -0.2) is 19.4 Å². The monoisotopic (exact) mass is 115 g/mol. The SMILES string of the molecule is CCCCNC1CO1. The minimum absolute atomic E-state index is 0.404. The first-order valence-electron chi connectivity index (χ1n) is 3.28. The van der Waals surface area contributed by atoms with Crippen molar-refractivity contribution in [2.45, 2.75) is 26.0 Å². The fourth-order valence-electron chi connectivity index (χ4n) is 0.606. The summed E-state index contributed by atoms with van der Waals surface area (Å²) in [4.78, 5) is 0. The number of ether oxygens (including phenoxy) is 1. The fourth-order valence-corrected chi connectivity index (χ4v) is 0.606. The van der Waals surface area contributed by atoms with Gasteiger partial charge in [-0.15, -0.1) is 0 Å². The number of rotatable bonds is 4. The predicted molar refractivity (Wildman–Crippen MR) is 32.7 cm³/mol. The number of hydrogen-bond donors (Lipinski definition) is 1. The van der Waals surface area contributed by atoms with E-state index in [2.05, 4.69) is 12.2 Å². The maximum Gasteiger partial charge on any atom is 0.132 e. The summed E-state index contributed by atoms with van der Waals surface area (Å²) >= 11 is 0. The first-order chi connectivity index (χ1) is 3.93. The lowest BCUT2D eigenvalue weighted by Gasteiger charge is -1.95. The number of epoxide rings is 1. The average molecular weight is 115 g/mol. The van der Waals surface area contributed by atoms with E-state index in [-0.39, 0.29) is 0 Å². The van der Waals surface area contributed by atoms with Crippen molar-refractivity contribution >= 4 is 0 Å². The van der Waals surface area contributed by atoms with Gasteiger partial charge in [0, 0.05) is 0 Å². The Hall–Kier alpha value is -0.0800. The van der Waals surface area contributed by atoms with Crippen LogP contribution in [0.1, 0.15) is 19.8 Å². The molecule has 1 rings (SSSR count). The lowest BCUT2D eigenvalue weighted by molar-refractivity contribution is 0.368. The third kappa shape index (κ3) is 2.28. The van der Waals surface area contributed by atoms with E-state index in [9.17, 15) is 0 Å². The molecule has 48 valence electrons. The second-order valence-electron chi connectivity index (χ2n) is 2.13. The molecule has 1 heterocycles. The normalized spacial score (nSPS) is 25.9. The standard InChI is InChI=1S/C6H13NO/c1-2-3-4-7-6-5-8-6/h6-7H,2-5H2,1H3. The highest BCUT2D eigenvalue weighted by Crippen LogP contribution is 2.03. The summed E-state index contributed by atoms with van der Waals surface area (Å²) in [6, 6.07) is 0. The Morgan fingerprint density at radius 1 is 1.75 bits per heavy atom. The van der Waals surface area contributed by atoms with Crippen LogP contribution in [0, 0.1) is 0 Å². The quantitative estimate of drug-likeness (QED) is 0.431. The van der Waals surface area contributed by atoms with Crippen molar-refractivity contribution in [1.29, 1.82) is 0 Å². The van der Waals surface area contributed by atoms with Crippen molar-refractivity contribution in [1.82, 2.24) is 5.32 Å². The van der Waals surface area contributed by atoms with Crippen LogP contribution in [0.5, 0.6) is 0 Å². The van der Waals surface area contributed by atoms with Crippen LogP contribution in [0.25, 0.3) is 0 Å². The molecule has 0 spiro atoms. The Morgan fingerprint density at radius 2 is 2.50 bits per heavy atom. The first kappa shape index (κ1) is 6.05. The first-order valence-corrected chi connectivity index (χ1v) is 3.28. The van der Waals surface area contributed by atoms with Crippen molar-refractivity contribution in [3.05, 3.63) is 0 Å². The molecule has 0 aliphatic carbocycles. The second kappa shape index (κ2) is 3.05. The highest BCUT2D eigenvalue weighted by molar-refractivity contribution is 4.64. The van der Waals surface area contributed by atoms with Crippen LogP contribution in [0.3, 0.4) is 0 Å². The third-order valence-corrected chi connectivity index (χ3v) is 1.24. The second-order valence-corrected chi connectivity index (χ2v) is 2.13. The van der Waals surface area contributed by atoms with Gasteiger partial charge in [-0.3, -0.25) is 5.32 Å². The zero-order valence-corrected chi connectivity index (χ0v) is 5.31. The van der Waals surface area contributed by atoms with Gasteiger partial charge >= 0.3 is 0 Å². The van der Waals surface area contributed by atoms with Gasteiger partial charge in [0.05, 0.1) is 6.61 Å². The molecule has 1 aliphatic rings. The third-order valence-electron chi connectivity index (χ3n) is 1.24. The van der Waals surface area contributed by atoms with E-state index in [0.717, 1.165) is 13.2 Å². The van der Waals surface area contributed by atoms with E-state index in [0.29, 0.717) is 6.23 Å². The van der Waals surface area contributed by atoms with Crippen LogP contribution >= 0.6 is 0 Å². The van der Waals surface area contributed by atoms with Crippen molar-refractivity contribution in [2.24, 2.45) is 0 Å². The lowest BCUT2D eigenvalue weighted by atomic mass is 10.3. The molecule has 1 aliphatic heterocycles. The summed E-state index contributed by atoms with van der Waals surface area (Å²) in [6.45, 7) is 4.22. The van der Waals surface area contributed by atoms with Gasteiger partial charge in [0.15, 0.2) is 0 Å². The molecule has 0 aromatic rings. The Kier molecular flexibility index (Phi) is 2.30. The Labute approximate surface area is 50.2 Å². The smallest absolute Gasteiger partial charge is 0.132 e. The molecule has 0 saturated carbocycles. The molecule has 2 nitrogen and oxygen atoms in total. The van der Waals surface area contributed by atoms with E-state index in [1.807, 2.05) is 0 Å². The van der Waals surface area contributed by atoms with Crippen LogP contribution in [-0.2, 0) is 4.74 Å². The van der Waals surface area contributed by atoms with Crippen LogP contribution in [0.4, 0.5) is 0 Å². The molecule has 1 atom stereocenters. The summed E-state index contributed by atoms with van der Waals surface area (Å²) < 4.78 is 4.94. The van der Waals surface area contributed by atoms with Crippen LogP contribution in [0.2, 0.25) is 0 Å². The zero-order chi connectivity index (χ0) is 5.82. The molecule has 1 fully saturated rings. The minimum Gasteiger partial charge on any atom is -0.357 e. The van der Waals surface area contributed by atoms with E-state index in [1.165, 1.54) is 12.8 Å². The summed E-state index contributed by atoms with van der Waals surface area (Å²) in [7, 11) is 0. The Bertz CT molecular complexity index is 61.5. The zero-order valence-electron chi connectivity index (χ0n) is 5.31. The highest BCUT2D eigenvalue weighted by Gasteiger charge is 2.20. The predicted octanol–water partition coefficient (Wildman–Crippen LogP) is 0.732. The molecular weight excluding hydrogens is 102 g/mol. The summed E-state index contributed by atoms with van der Waals surface area (Å²) in [5.41, 5.74) is 0. The molecular formula is C6H13NO. The molecule has 1 N–H and O–H groups in total. The van der Waals surface area contributed by atoms with Crippen molar-refractivity contribution in [3.8, 4) is 0 Å². The summed E-state index contributed by atoms with van der Waals surface area (Å²) in [5.74, 6) is 0. The van der Waals surface area contributed by atoms with Gasteiger partial charge in [-0.05, 0) is 13.0 Å². The molecule has 0 amide bonds. The van der Waals surface area contributed by atoms with E-state index >= 15 is 0 Å². The largest absolute Gasteiger partial charge is 0.357 e. The number of hydrogen-bond acceptors (Lipinski definition) is 2. The Morgan fingerprint density at radius 3 is 3.00 bits per heavy atom. The molecule has 2 heteroatoms. The van der Waals surface area contributed by atoms with Gasteiger partial charge in [0.25, 0.3) is 0 Å². The van der Waals surface area contributed by atoms with Gasteiger partial charge in [-0.2, -0.15) is 0 Å². The van der Waals surface area contributed by atoms with Gasteiger partial charge in [-0.1, -0.05) is 13.3 Å². The maximum atomic E-state index is 4.94. The number of nitrogens with one attached hydrogen (secondary N) is 1. The summed E-state index contributed by atoms with van der Waals surface area (Å²) in [5, 5.41) is 3.24. The van der Waals surface area contributed by atoms with Crippen molar-refractivity contribution in [2.75, 3.05) is 13.2 Å². The van der Waals surface area contributed by atoms with Crippen molar-refractivity contribution in [3.63, 3.8) is 0 Å². The van der Waals surface area contributed by atoms with Crippen LogP contribution in [0.15, 0.2) is 0 Å². The van der Waals surface area contributed by atoms with Crippen LogP contribution < -0.4 is 5.32 Å². The molecule has 1 unspecified atom stereocenters. The fraction of sp³-hybridized carbons (Fsp3) is 1.00. The molecule has 0 bridgehead atoms. The molecule has 1 saturated heterocycles. The average Bonchev–Trinajstić information content (AvgIpc) is 2.51. The minimum atomic E-state index is 0.404. The number of unbranched alkanes of at least 4 members (excludes halogenated alkanes) is 1. The molecule has 0 aromatic carbocycles. The van der Waals surface area contributed by atoms with E-state index < -0.39 is 0 Å². The highest BCUT2D eigenvalue weighted by atomic mass is 16.6. The van der Waals surface area contributed by atoms with Gasteiger partial charge < -0.3 is 4.74 Å². The lowest BCUT2D eigenvalue weighted by Crippen LogP contribution is -2.18. The van der Waals surface area contributed by atoms with Crippen molar-refractivity contribution < 1.29 is 4.74 Å². The maximum absolute atomic E-state index is 4.94. The molecule has 0 radical (unpaired) electrons. The Balaban J connectivity index is 1.74. The van der Waals surface area contributed by atoms with Gasteiger partial charge in [-0.25, -0.2) is 0 Å². The molecule has 0 aromatic heterocycles. The van der Waals surface area contributed by atoms with E-state index in [4.69, 9.17) is 4.74 Å². The van der Waals surface area contributed by atoms with Gasteiger partial charge in [0.2, 0.25) is 0 Å². The van der Waals surface area contributed by atoms with Gasteiger partial charge in [0.1, 0.15) is 6.23 Å². The summed E-state index contributed by atoms with van der Waals surface area (Å²) in [6.07, 6.45) is 2.93. The topological polar surface area (TPSA) is 24.6 Å². The molecule has 8 heavy (non-hydrogen) atoms.